The number of aryl methyl sites for hydroxylation is 1. The van der Waals surface area contributed by atoms with E-state index in [4.69, 9.17) is 12.2 Å². The van der Waals surface area contributed by atoms with Gasteiger partial charge in [0.1, 0.15) is 6.04 Å². The Morgan fingerprint density at radius 2 is 2.25 bits per heavy atom. The number of thiocarbonyl (C=S) groups is 1. The number of hydrogen-bond donors (Lipinski definition) is 2. The van der Waals surface area contributed by atoms with E-state index in [0.29, 0.717) is 23.8 Å². The molecule has 1 aliphatic rings. The molecule has 0 unspecified atom stereocenters. The van der Waals surface area contributed by atoms with Gasteiger partial charge in [0.15, 0.2) is 5.11 Å². The summed E-state index contributed by atoms with van der Waals surface area (Å²) in [6.07, 6.45) is 0. The predicted octanol–water partition coefficient (Wildman–Crippen LogP) is 0.830. The minimum atomic E-state index is -0.282. The fourth-order valence-electron chi connectivity index (χ4n) is 2.04. The predicted molar refractivity (Wildman–Crippen MR) is 80.4 cm³/mol. The number of rotatable bonds is 4. The van der Waals surface area contributed by atoms with E-state index in [2.05, 4.69) is 10.6 Å². The molecule has 1 fully saturated rings. The Morgan fingerprint density at radius 3 is 2.85 bits per heavy atom. The summed E-state index contributed by atoms with van der Waals surface area (Å²) >= 11 is 5.07. The maximum Gasteiger partial charge on any atom is 0.251 e. The lowest BCUT2D eigenvalue weighted by molar-refractivity contribution is -0.126. The first-order valence-electron chi connectivity index (χ1n) is 6.46. The lowest BCUT2D eigenvalue weighted by Gasteiger charge is -2.15. The van der Waals surface area contributed by atoms with E-state index < -0.39 is 0 Å². The van der Waals surface area contributed by atoms with E-state index in [1.807, 2.05) is 25.1 Å². The molecule has 6 heteroatoms. The second-order valence-corrected chi connectivity index (χ2v) is 5.17. The summed E-state index contributed by atoms with van der Waals surface area (Å²) in [6, 6.07) is 7.08. The monoisotopic (exact) mass is 291 g/mol. The molecule has 0 bridgehead atoms. The number of nitrogens with one attached hydrogen (secondary N) is 2. The molecular formula is C14H17N3O2S. The fourth-order valence-corrected chi connectivity index (χ4v) is 2.40. The summed E-state index contributed by atoms with van der Waals surface area (Å²) in [5.41, 5.74) is 1.65. The summed E-state index contributed by atoms with van der Waals surface area (Å²) < 4.78 is 0. The molecule has 0 spiro atoms. The fraction of sp³-hybridized carbons (Fsp3) is 0.357. The summed E-state index contributed by atoms with van der Waals surface area (Å²) in [7, 11) is 0. The molecule has 0 aliphatic carbocycles. The molecular weight excluding hydrogens is 274 g/mol. The van der Waals surface area contributed by atoms with Crippen LogP contribution < -0.4 is 10.6 Å². The van der Waals surface area contributed by atoms with Crippen molar-refractivity contribution in [1.29, 1.82) is 0 Å². The van der Waals surface area contributed by atoms with Crippen molar-refractivity contribution in [2.24, 2.45) is 0 Å². The van der Waals surface area contributed by atoms with Crippen molar-refractivity contribution in [3.63, 3.8) is 0 Å². The van der Waals surface area contributed by atoms with Crippen molar-refractivity contribution in [1.82, 2.24) is 15.5 Å². The maximum atomic E-state index is 11.9. The van der Waals surface area contributed by atoms with Crippen molar-refractivity contribution < 1.29 is 9.59 Å². The Morgan fingerprint density at radius 1 is 1.50 bits per heavy atom. The molecule has 106 valence electrons. The first-order valence-corrected chi connectivity index (χ1v) is 6.86. The quantitative estimate of drug-likeness (QED) is 0.807. The van der Waals surface area contributed by atoms with E-state index in [-0.39, 0.29) is 17.9 Å². The smallest absolute Gasteiger partial charge is 0.251 e. The minimum absolute atomic E-state index is 0.0557. The normalized spacial score (nSPS) is 18.1. The molecule has 2 rings (SSSR count). The van der Waals surface area contributed by atoms with Gasteiger partial charge in [-0.2, -0.15) is 0 Å². The van der Waals surface area contributed by atoms with Gasteiger partial charge in [-0.1, -0.05) is 17.7 Å². The molecule has 1 aromatic rings. The Bertz CT molecular complexity index is 559. The van der Waals surface area contributed by atoms with Gasteiger partial charge in [0.05, 0.1) is 0 Å². The van der Waals surface area contributed by atoms with Crippen LogP contribution in [-0.4, -0.2) is 41.0 Å². The van der Waals surface area contributed by atoms with E-state index in [9.17, 15) is 9.59 Å². The topological polar surface area (TPSA) is 61.4 Å². The van der Waals surface area contributed by atoms with Crippen LogP contribution in [0.2, 0.25) is 0 Å². The molecule has 0 radical (unpaired) electrons. The van der Waals surface area contributed by atoms with Crippen LogP contribution in [0, 0.1) is 6.92 Å². The highest BCUT2D eigenvalue weighted by molar-refractivity contribution is 7.80. The molecule has 20 heavy (non-hydrogen) atoms. The van der Waals surface area contributed by atoms with Crippen LogP contribution >= 0.6 is 12.2 Å². The van der Waals surface area contributed by atoms with Crippen molar-refractivity contribution in [2.45, 2.75) is 19.9 Å². The lowest BCUT2D eigenvalue weighted by atomic mass is 10.1. The Balaban J connectivity index is 1.86. The maximum absolute atomic E-state index is 11.9. The van der Waals surface area contributed by atoms with Gasteiger partial charge < -0.3 is 10.6 Å². The highest BCUT2D eigenvalue weighted by Gasteiger charge is 2.31. The SMILES string of the molecule is Cc1cccc(C(=O)NCCN2C(=O)[C@H](C)NC2=S)c1. The number of nitrogens with zero attached hydrogens (tertiary/aromatic N) is 1. The molecule has 0 saturated carbocycles. The van der Waals surface area contributed by atoms with Gasteiger partial charge in [0.25, 0.3) is 11.8 Å². The zero-order valence-electron chi connectivity index (χ0n) is 11.5. The summed E-state index contributed by atoms with van der Waals surface area (Å²) in [5, 5.41) is 6.10. The first-order chi connectivity index (χ1) is 9.49. The van der Waals surface area contributed by atoms with Gasteiger partial charge in [0.2, 0.25) is 0 Å². The van der Waals surface area contributed by atoms with Crippen molar-refractivity contribution in [2.75, 3.05) is 13.1 Å². The number of hydrogen-bond acceptors (Lipinski definition) is 3. The molecule has 2 N–H and O–H groups in total. The standard InChI is InChI=1S/C14H17N3O2S/c1-9-4-3-5-11(8-9)12(18)15-6-7-17-13(19)10(2)16-14(17)20/h3-5,8,10H,6-7H2,1-2H3,(H,15,18)(H,16,20)/t10-/m0/s1. The average Bonchev–Trinajstić information content (AvgIpc) is 2.65. The second kappa shape index (κ2) is 6.00. The molecule has 1 saturated heterocycles. The number of benzene rings is 1. The molecule has 5 nitrogen and oxygen atoms in total. The van der Waals surface area contributed by atoms with Crippen LogP contribution in [0.25, 0.3) is 0 Å². The highest BCUT2D eigenvalue weighted by Crippen LogP contribution is 2.06. The summed E-state index contributed by atoms with van der Waals surface area (Å²) in [6.45, 7) is 4.45. The molecule has 2 amide bonds. The van der Waals surface area contributed by atoms with Gasteiger partial charge in [-0.05, 0) is 38.2 Å². The molecule has 1 heterocycles. The van der Waals surface area contributed by atoms with Gasteiger partial charge in [-0.3, -0.25) is 14.5 Å². The Hall–Kier alpha value is -1.95. The van der Waals surface area contributed by atoms with Gasteiger partial charge >= 0.3 is 0 Å². The molecule has 1 aliphatic heterocycles. The largest absolute Gasteiger partial charge is 0.351 e. The van der Waals surface area contributed by atoms with Crippen LogP contribution in [0.4, 0.5) is 0 Å². The average molecular weight is 291 g/mol. The number of carbonyl (C=O) groups excluding carboxylic acids is 2. The first kappa shape index (κ1) is 14.5. The van der Waals surface area contributed by atoms with Crippen LogP contribution in [0.15, 0.2) is 24.3 Å². The Kier molecular flexibility index (Phi) is 4.34. The molecule has 1 atom stereocenters. The lowest BCUT2D eigenvalue weighted by Crippen LogP contribution is -2.38. The van der Waals surface area contributed by atoms with Crippen LogP contribution in [0.5, 0.6) is 0 Å². The van der Waals surface area contributed by atoms with Crippen LogP contribution in [-0.2, 0) is 4.79 Å². The third-order valence-electron chi connectivity index (χ3n) is 3.12. The van der Waals surface area contributed by atoms with Crippen molar-refractivity contribution >= 4 is 29.1 Å². The number of carbonyl (C=O) groups is 2. The highest BCUT2D eigenvalue weighted by atomic mass is 32.1. The third kappa shape index (κ3) is 3.14. The number of amides is 2. The van der Waals surface area contributed by atoms with Crippen molar-refractivity contribution in [3.05, 3.63) is 35.4 Å². The van der Waals surface area contributed by atoms with Crippen molar-refractivity contribution in [3.8, 4) is 0 Å². The molecule has 1 aromatic carbocycles. The summed E-state index contributed by atoms with van der Waals surface area (Å²) in [5.74, 6) is -0.202. The molecule has 0 aromatic heterocycles. The van der Waals surface area contributed by atoms with Gasteiger partial charge in [-0.25, -0.2) is 0 Å². The second-order valence-electron chi connectivity index (χ2n) is 4.79. The third-order valence-corrected chi connectivity index (χ3v) is 3.46. The van der Waals surface area contributed by atoms with E-state index in [1.165, 1.54) is 4.90 Å². The van der Waals surface area contributed by atoms with E-state index in [1.54, 1.807) is 13.0 Å². The van der Waals surface area contributed by atoms with Crippen LogP contribution in [0.1, 0.15) is 22.8 Å². The van der Waals surface area contributed by atoms with Crippen LogP contribution in [0.3, 0.4) is 0 Å². The van der Waals surface area contributed by atoms with E-state index >= 15 is 0 Å². The van der Waals surface area contributed by atoms with Gasteiger partial charge in [-0.15, -0.1) is 0 Å². The Labute approximate surface area is 123 Å². The van der Waals surface area contributed by atoms with E-state index in [0.717, 1.165) is 5.56 Å². The summed E-state index contributed by atoms with van der Waals surface area (Å²) in [4.78, 5) is 25.2. The minimum Gasteiger partial charge on any atom is -0.351 e. The zero-order valence-corrected chi connectivity index (χ0v) is 12.3. The van der Waals surface area contributed by atoms with Gasteiger partial charge in [0, 0.05) is 18.7 Å². The zero-order chi connectivity index (χ0) is 14.7.